The van der Waals surface area contributed by atoms with Gasteiger partial charge >= 0.3 is 0 Å². The van der Waals surface area contributed by atoms with E-state index < -0.39 is 0 Å². The van der Waals surface area contributed by atoms with Gasteiger partial charge in [-0.05, 0) is 41.5 Å². The molecule has 0 amide bonds. The van der Waals surface area contributed by atoms with Gasteiger partial charge in [-0.15, -0.1) is 11.6 Å². The van der Waals surface area contributed by atoms with Gasteiger partial charge in [0.15, 0.2) is 0 Å². The van der Waals surface area contributed by atoms with Crippen molar-refractivity contribution in [3.8, 4) is 22.3 Å². The molecule has 0 atom stereocenters. The normalized spacial score (nSPS) is 10.4. The van der Waals surface area contributed by atoms with E-state index in [0.717, 1.165) is 27.9 Å². The monoisotopic (exact) mass is 281 g/mol. The molecule has 3 aromatic heterocycles. The molecule has 0 N–H and O–H groups in total. The third-order valence-electron chi connectivity index (χ3n) is 3.10. The molecule has 0 aliphatic rings. The van der Waals surface area contributed by atoms with E-state index in [1.807, 2.05) is 30.5 Å². The fourth-order valence-corrected chi connectivity index (χ4v) is 2.30. The van der Waals surface area contributed by atoms with E-state index in [0.29, 0.717) is 5.88 Å². The summed E-state index contributed by atoms with van der Waals surface area (Å²) in [5.74, 6) is 0.383. The number of aromatic nitrogens is 3. The average molecular weight is 282 g/mol. The molecule has 4 heteroatoms. The topological polar surface area (TPSA) is 38.7 Å². The van der Waals surface area contributed by atoms with Crippen LogP contribution in [0.25, 0.3) is 22.3 Å². The molecule has 0 unspecified atom stereocenters. The van der Waals surface area contributed by atoms with Gasteiger partial charge in [0.2, 0.25) is 0 Å². The van der Waals surface area contributed by atoms with Crippen LogP contribution in [0.1, 0.15) is 5.69 Å². The van der Waals surface area contributed by atoms with Gasteiger partial charge in [-0.3, -0.25) is 15.0 Å². The van der Waals surface area contributed by atoms with Gasteiger partial charge < -0.3 is 0 Å². The Morgan fingerprint density at radius 3 is 2.00 bits per heavy atom. The lowest BCUT2D eigenvalue weighted by molar-refractivity contribution is 1.17. The molecule has 0 bridgehead atoms. The first-order valence-corrected chi connectivity index (χ1v) is 6.77. The Morgan fingerprint density at radius 1 is 0.800 bits per heavy atom. The quantitative estimate of drug-likeness (QED) is 0.683. The zero-order valence-corrected chi connectivity index (χ0v) is 11.5. The van der Waals surface area contributed by atoms with E-state index in [2.05, 4.69) is 21.0 Å². The van der Waals surface area contributed by atoms with Gasteiger partial charge in [0.1, 0.15) is 0 Å². The molecule has 0 aliphatic heterocycles. The van der Waals surface area contributed by atoms with Crippen LogP contribution in [0.3, 0.4) is 0 Å². The number of pyridine rings is 3. The van der Waals surface area contributed by atoms with E-state index in [1.165, 1.54) is 0 Å². The molecular formula is C16H12ClN3. The molecule has 3 rings (SSSR count). The zero-order valence-electron chi connectivity index (χ0n) is 10.7. The molecule has 3 nitrogen and oxygen atoms in total. The number of alkyl halides is 1. The maximum Gasteiger partial charge on any atom is 0.0653 e. The summed E-state index contributed by atoms with van der Waals surface area (Å²) in [6.07, 6.45) is 8.93. The van der Waals surface area contributed by atoms with Crippen molar-refractivity contribution in [1.29, 1.82) is 0 Å². The predicted octanol–water partition coefficient (Wildman–Crippen LogP) is 3.94. The highest BCUT2D eigenvalue weighted by atomic mass is 35.5. The van der Waals surface area contributed by atoms with Crippen LogP contribution in [-0.2, 0) is 5.88 Å². The molecule has 0 aromatic carbocycles. The van der Waals surface area contributed by atoms with Crippen molar-refractivity contribution in [2.75, 3.05) is 0 Å². The highest BCUT2D eigenvalue weighted by Crippen LogP contribution is 2.28. The number of nitrogens with zero attached hydrogens (tertiary/aromatic N) is 3. The third kappa shape index (κ3) is 2.53. The predicted molar refractivity (Wildman–Crippen MR) is 80.3 cm³/mol. The Balaban J connectivity index is 2.13. The average Bonchev–Trinajstić information content (AvgIpc) is 2.56. The minimum Gasteiger partial charge on any atom is -0.265 e. The zero-order chi connectivity index (χ0) is 13.8. The Kier molecular flexibility index (Phi) is 3.70. The lowest BCUT2D eigenvalue weighted by atomic mass is 10.0. The first kappa shape index (κ1) is 12.8. The fraction of sp³-hybridized carbons (Fsp3) is 0.0625. The van der Waals surface area contributed by atoms with Crippen molar-refractivity contribution >= 4 is 11.6 Å². The lowest BCUT2D eigenvalue weighted by Gasteiger charge is -2.09. The molecule has 0 aliphatic carbocycles. The Morgan fingerprint density at radius 2 is 1.40 bits per heavy atom. The molecular weight excluding hydrogens is 270 g/mol. The highest BCUT2D eigenvalue weighted by Gasteiger charge is 2.08. The fourth-order valence-electron chi connectivity index (χ4n) is 2.08. The lowest BCUT2D eigenvalue weighted by Crippen LogP contribution is -1.93. The molecule has 98 valence electrons. The van der Waals surface area contributed by atoms with Crippen LogP contribution in [0.15, 0.2) is 61.3 Å². The summed E-state index contributed by atoms with van der Waals surface area (Å²) in [6.45, 7) is 0. The third-order valence-corrected chi connectivity index (χ3v) is 3.35. The summed E-state index contributed by atoms with van der Waals surface area (Å²) in [7, 11) is 0. The first-order valence-electron chi connectivity index (χ1n) is 6.24. The Bertz CT molecular complexity index is 699. The summed E-state index contributed by atoms with van der Waals surface area (Å²) in [4.78, 5) is 12.6. The van der Waals surface area contributed by atoms with Gasteiger partial charge in [-0.2, -0.15) is 0 Å². The van der Waals surface area contributed by atoms with Crippen molar-refractivity contribution in [1.82, 2.24) is 15.0 Å². The van der Waals surface area contributed by atoms with Gasteiger partial charge in [-0.1, -0.05) is 0 Å². The molecule has 0 saturated heterocycles. The standard InChI is InChI=1S/C16H12ClN3/c17-10-16-15(13-3-7-19-8-4-13)9-14(11-20-16)12-1-5-18-6-2-12/h1-9,11H,10H2. The van der Waals surface area contributed by atoms with Crippen LogP contribution in [-0.4, -0.2) is 15.0 Å². The molecule has 0 spiro atoms. The number of hydrogen-bond acceptors (Lipinski definition) is 3. The van der Waals surface area contributed by atoms with Crippen molar-refractivity contribution in [2.45, 2.75) is 5.88 Å². The second-order valence-electron chi connectivity index (χ2n) is 4.32. The number of hydrogen-bond donors (Lipinski definition) is 0. The van der Waals surface area contributed by atoms with Crippen LogP contribution >= 0.6 is 11.6 Å². The maximum atomic E-state index is 5.99. The highest BCUT2D eigenvalue weighted by molar-refractivity contribution is 6.17. The SMILES string of the molecule is ClCc1ncc(-c2ccncc2)cc1-c1ccncc1. The van der Waals surface area contributed by atoms with E-state index in [4.69, 9.17) is 11.6 Å². The van der Waals surface area contributed by atoms with Crippen molar-refractivity contribution < 1.29 is 0 Å². The summed E-state index contributed by atoms with van der Waals surface area (Å²) >= 11 is 5.99. The van der Waals surface area contributed by atoms with E-state index in [1.54, 1.807) is 24.8 Å². The second-order valence-corrected chi connectivity index (χ2v) is 4.59. The molecule has 3 aromatic rings. The molecule has 20 heavy (non-hydrogen) atoms. The molecule has 0 radical (unpaired) electrons. The summed E-state index contributed by atoms with van der Waals surface area (Å²) in [5.41, 5.74) is 5.11. The smallest absolute Gasteiger partial charge is 0.0653 e. The Hall–Kier alpha value is -2.26. The summed E-state index contributed by atoms with van der Waals surface area (Å²) in [5, 5.41) is 0. The van der Waals surface area contributed by atoms with Crippen molar-refractivity contribution in [2.24, 2.45) is 0 Å². The maximum absolute atomic E-state index is 5.99. The molecule has 0 saturated carbocycles. The largest absolute Gasteiger partial charge is 0.265 e. The van der Waals surface area contributed by atoms with Crippen LogP contribution in [0.4, 0.5) is 0 Å². The molecule has 0 fully saturated rings. The van der Waals surface area contributed by atoms with Gasteiger partial charge in [0.25, 0.3) is 0 Å². The van der Waals surface area contributed by atoms with Crippen LogP contribution in [0, 0.1) is 0 Å². The minimum atomic E-state index is 0.383. The van der Waals surface area contributed by atoms with E-state index in [-0.39, 0.29) is 0 Å². The van der Waals surface area contributed by atoms with Gasteiger partial charge in [0.05, 0.1) is 11.6 Å². The van der Waals surface area contributed by atoms with Crippen molar-refractivity contribution in [3.05, 3.63) is 67.0 Å². The van der Waals surface area contributed by atoms with E-state index >= 15 is 0 Å². The number of rotatable bonds is 3. The van der Waals surface area contributed by atoms with Crippen molar-refractivity contribution in [3.63, 3.8) is 0 Å². The minimum absolute atomic E-state index is 0.383. The van der Waals surface area contributed by atoms with Crippen LogP contribution in [0.5, 0.6) is 0 Å². The van der Waals surface area contributed by atoms with Crippen LogP contribution < -0.4 is 0 Å². The van der Waals surface area contributed by atoms with Gasteiger partial charge in [0, 0.05) is 42.1 Å². The second kappa shape index (κ2) is 5.80. The summed E-state index contributed by atoms with van der Waals surface area (Å²) in [6, 6.07) is 9.96. The first-order chi connectivity index (χ1) is 9.88. The summed E-state index contributed by atoms with van der Waals surface area (Å²) < 4.78 is 0. The van der Waals surface area contributed by atoms with Crippen LogP contribution in [0.2, 0.25) is 0 Å². The Labute approximate surface area is 122 Å². The number of halogens is 1. The molecule has 3 heterocycles. The van der Waals surface area contributed by atoms with E-state index in [9.17, 15) is 0 Å². The van der Waals surface area contributed by atoms with Gasteiger partial charge in [-0.25, -0.2) is 0 Å².